The third-order valence-electron chi connectivity index (χ3n) is 3.79. The summed E-state index contributed by atoms with van der Waals surface area (Å²) < 4.78 is 0. The minimum atomic E-state index is -0.960. The van der Waals surface area contributed by atoms with Crippen LogP contribution in [0.1, 0.15) is 24.0 Å². The molecule has 1 aliphatic rings. The first-order valence-corrected chi connectivity index (χ1v) is 7.03. The number of nitrogens with one attached hydrogen (secondary N) is 1. The van der Waals surface area contributed by atoms with Crippen molar-refractivity contribution in [3.63, 3.8) is 0 Å². The van der Waals surface area contributed by atoms with Crippen LogP contribution in [0.5, 0.6) is 0 Å². The Kier molecular flexibility index (Phi) is 4.62. The smallest absolute Gasteiger partial charge is 0.328 e. The first-order valence-electron chi connectivity index (χ1n) is 7.03. The third kappa shape index (κ3) is 3.42. The molecule has 1 aromatic carbocycles. The molecule has 5 heteroatoms. The van der Waals surface area contributed by atoms with Gasteiger partial charge in [0.1, 0.15) is 6.04 Å². The SMILES string of the molecule is CNC(=O)C1CCCN1c1ccc(C=CC(=O)O)c(C)c1. The predicted octanol–water partition coefficient (Wildman–Crippen LogP) is 1.81. The second kappa shape index (κ2) is 6.43. The minimum Gasteiger partial charge on any atom is -0.478 e. The molecule has 1 aromatic rings. The van der Waals surface area contributed by atoms with Crippen LogP contribution in [0.3, 0.4) is 0 Å². The maximum absolute atomic E-state index is 11.9. The molecule has 1 unspecified atom stereocenters. The number of carboxylic acid groups (broad SMARTS) is 1. The van der Waals surface area contributed by atoms with Gasteiger partial charge < -0.3 is 15.3 Å². The number of aliphatic carboxylic acids is 1. The second-order valence-electron chi connectivity index (χ2n) is 5.18. The van der Waals surface area contributed by atoms with Crippen molar-refractivity contribution in [3.8, 4) is 0 Å². The van der Waals surface area contributed by atoms with Crippen LogP contribution in [0.15, 0.2) is 24.3 Å². The standard InChI is InChI=1S/C16H20N2O3/c1-11-10-13(7-5-12(11)6-8-15(19)20)18-9-3-4-14(18)16(21)17-2/h5-8,10,14H,3-4,9H2,1-2H3,(H,17,21)(H,19,20). The van der Waals surface area contributed by atoms with Crippen molar-refractivity contribution in [1.82, 2.24) is 5.32 Å². The molecule has 0 bridgehead atoms. The number of carbonyl (C=O) groups is 2. The van der Waals surface area contributed by atoms with E-state index in [2.05, 4.69) is 10.2 Å². The Labute approximate surface area is 124 Å². The largest absolute Gasteiger partial charge is 0.478 e. The van der Waals surface area contributed by atoms with Crippen LogP contribution >= 0.6 is 0 Å². The van der Waals surface area contributed by atoms with Crippen LogP contribution in [0, 0.1) is 6.92 Å². The van der Waals surface area contributed by atoms with Crippen molar-refractivity contribution < 1.29 is 14.7 Å². The summed E-state index contributed by atoms with van der Waals surface area (Å²) in [5.74, 6) is -0.919. The van der Waals surface area contributed by atoms with Gasteiger partial charge in [-0.3, -0.25) is 4.79 Å². The molecule has 112 valence electrons. The predicted molar refractivity (Wildman–Crippen MR) is 82.3 cm³/mol. The molecular weight excluding hydrogens is 268 g/mol. The van der Waals surface area contributed by atoms with E-state index in [9.17, 15) is 9.59 Å². The monoisotopic (exact) mass is 288 g/mol. The van der Waals surface area contributed by atoms with Gasteiger partial charge in [-0.25, -0.2) is 4.79 Å². The molecule has 1 aliphatic heterocycles. The summed E-state index contributed by atoms with van der Waals surface area (Å²) in [5, 5.41) is 11.4. The van der Waals surface area contributed by atoms with Gasteiger partial charge in [-0.15, -0.1) is 0 Å². The molecule has 1 atom stereocenters. The number of anilines is 1. The summed E-state index contributed by atoms with van der Waals surface area (Å²) >= 11 is 0. The van der Waals surface area contributed by atoms with Crippen LogP contribution in [0.25, 0.3) is 6.08 Å². The number of hydrogen-bond acceptors (Lipinski definition) is 3. The van der Waals surface area contributed by atoms with E-state index in [1.165, 1.54) is 0 Å². The number of nitrogens with zero attached hydrogens (tertiary/aromatic N) is 1. The Morgan fingerprint density at radius 1 is 1.43 bits per heavy atom. The normalized spacial score (nSPS) is 18.2. The molecule has 0 saturated carbocycles. The summed E-state index contributed by atoms with van der Waals surface area (Å²) in [6.45, 7) is 2.80. The first kappa shape index (κ1) is 15.1. The van der Waals surface area contributed by atoms with Crippen molar-refractivity contribution in [2.75, 3.05) is 18.5 Å². The van der Waals surface area contributed by atoms with E-state index in [0.717, 1.165) is 42.3 Å². The number of rotatable bonds is 4. The zero-order chi connectivity index (χ0) is 15.4. The van der Waals surface area contributed by atoms with Gasteiger partial charge in [0.15, 0.2) is 0 Å². The lowest BCUT2D eigenvalue weighted by Gasteiger charge is -2.26. The third-order valence-corrected chi connectivity index (χ3v) is 3.79. The Morgan fingerprint density at radius 3 is 2.81 bits per heavy atom. The summed E-state index contributed by atoms with van der Waals surface area (Å²) in [4.78, 5) is 24.6. The number of amides is 1. The van der Waals surface area contributed by atoms with Crippen molar-refractivity contribution in [1.29, 1.82) is 0 Å². The molecule has 0 aromatic heterocycles. The van der Waals surface area contributed by atoms with Crippen LogP contribution in [-0.2, 0) is 9.59 Å². The van der Waals surface area contributed by atoms with Gasteiger partial charge in [0.2, 0.25) is 5.91 Å². The van der Waals surface area contributed by atoms with E-state index in [0.29, 0.717) is 0 Å². The van der Waals surface area contributed by atoms with E-state index < -0.39 is 5.97 Å². The molecule has 0 aliphatic carbocycles. The van der Waals surface area contributed by atoms with Crippen molar-refractivity contribution >= 4 is 23.6 Å². The molecule has 0 spiro atoms. The average molecular weight is 288 g/mol. The highest BCUT2D eigenvalue weighted by Gasteiger charge is 2.30. The van der Waals surface area contributed by atoms with Crippen LogP contribution in [0.4, 0.5) is 5.69 Å². The average Bonchev–Trinajstić information content (AvgIpc) is 2.94. The summed E-state index contributed by atoms with van der Waals surface area (Å²) in [6.07, 6.45) is 4.57. The summed E-state index contributed by atoms with van der Waals surface area (Å²) in [5.41, 5.74) is 2.87. The molecular formula is C16H20N2O3. The highest BCUT2D eigenvalue weighted by molar-refractivity contribution is 5.87. The number of carbonyl (C=O) groups excluding carboxylic acids is 1. The van der Waals surface area contributed by atoms with Gasteiger partial charge >= 0.3 is 5.97 Å². The second-order valence-corrected chi connectivity index (χ2v) is 5.18. The topological polar surface area (TPSA) is 69.6 Å². The molecule has 2 N–H and O–H groups in total. The lowest BCUT2D eigenvalue weighted by molar-refractivity contribution is -0.131. The molecule has 1 heterocycles. The Hall–Kier alpha value is -2.30. The van der Waals surface area contributed by atoms with Crippen LogP contribution in [0.2, 0.25) is 0 Å². The first-order chi connectivity index (χ1) is 10.0. The highest BCUT2D eigenvalue weighted by Crippen LogP contribution is 2.27. The Bertz CT molecular complexity index is 581. The van der Waals surface area contributed by atoms with Gasteiger partial charge in [0, 0.05) is 25.4 Å². The maximum Gasteiger partial charge on any atom is 0.328 e. The van der Waals surface area contributed by atoms with Crippen molar-refractivity contribution in [2.45, 2.75) is 25.8 Å². The maximum atomic E-state index is 11.9. The van der Waals surface area contributed by atoms with Gasteiger partial charge in [-0.2, -0.15) is 0 Å². The fourth-order valence-corrected chi connectivity index (χ4v) is 2.70. The minimum absolute atomic E-state index is 0.0417. The van der Waals surface area contributed by atoms with Gasteiger partial charge in [0.25, 0.3) is 0 Å². The number of likely N-dealkylation sites (N-methyl/N-ethyl adjacent to an activating group) is 1. The van der Waals surface area contributed by atoms with Crippen molar-refractivity contribution in [2.24, 2.45) is 0 Å². The lowest BCUT2D eigenvalue weighted by atomic mass is 10.1. The van der Waals surface area contributed by atoms with E-state index in [4.69, 9.17) is 5.11 Å². The number of aryl methyl sites for hydroxylation is 1. The number of benzene rings is 1. The molecule has 1 saturated heterocycles. The molecule has 21 heavy (non-hydrogen) atoms. The Balaban J connectivity index is 2.23. The van der Waals surface area contributed by atoms with Gasteiger partial charge in [-0.05, 0) is 49.1 Å². The molecule has 1 amide bonds. The molecule has 1 fully saturated rings. The number of hydrogen-bond donors (Lipinski definition) is 2. The fourth-order valence-electron chi connectivity index (χ4n) is 2.70. The van der Waals surface area contributed by atoms with E-state index in [1.54, 1.807) is 13.1 Å². The lowest BCUT2D eigenvalue weighted by Crippen LogP contribution is -2.42. The van der Waals surface area contributed by atoms with E-state index in [1.807, 2.05) is 25.1 Å². The summed E-state index contributed by atoms with van der Waals surface area (Å²) in [6, 6.07) is 5.72. The van der Waals surface area contributed by atoms with Crippen molar-refractivity contribution in [3.05, 3.63) is 35.4 Å². The number of carboxylic acids is 1. The van der Waals surface area contributed by atoms with Gasteiger partial charge in [-0.1, -0.05) is 6.07 Å². The van der Waals surface area contributed by atoms with Crippen LogP contribution in [-0.4, -0.2) is 36.6 Å². The molecule has 2 rings (SSSR count). The fraction of sp³-hybridized carbons (Fsp3) is 0.375. The van der Waals surface area contributed by atoms with E-state index in [-0.39, 0.29) is 11.9 Å². The highest BCUT2D eigenvalue weighted by atomic mass is 16.4. The zero-order valence-corrected chi connectivity index (χ0v) is 12.3. The van der Waals surface area contributed by atoms with Crippen LogP contribution < -0.4 is 10.2 Å². The molecule has 0 radical (unpaired) electrons. The Morgan fingerprint density at radius 2 is 2.19 bits per heavy atom. The quantitative estimate of drug-likeness (QED) is 0.829. The zero-order valence-electron chi connectivity index (χ0n) is 12.3. The van der Waals surface area contributed by atoms with E-state index >= 15 is 0 Å². The summed E-state index contributed by atoms with van der Waals surface area (Å²) in [7, 11) is 1.66. The molecule has 5 nitrogen and oxygen atoms in total. The van der Waals surface area contributed by atoms with Gasteiger partial charge in [0.05, 0.1) is 0 Å².